The normalized spacial score (nSPS) is 10.2. The Balaban J connectivity index is 2.52. The molecule has 1 rings (SSSR count). The minimum absolute atomic E-state index is 0.172. The van der Waals surface area contributed by atoms with E-state index in [0.717, 1.165) is 13.0 Å². The van der Waals surface area contributed by atoms with E-state index in [1.807, 2.05) is 0 Å². The Bertz CT molecular complexity index is 357. The van der Waals surface area contributed by atoms with E-state index < -0.39 is 5.97 Å². The Morgan fingerprint density at radius 3 is 2.94 bits per heavy atom. The van der Waals surface area contributed by atoms with Crippen LogP contribution in [0.2, 0.25) is 5.15 Å². The van der Waals surface area contributed by atoms with Crippen molar-refractivity contribution in [2.45, 2.75) is 6.42 Å². The van der Waals surface area contributed by atoms with Crippen LogP contribution in [-0.2, 0) is 9.47 Å². The largest absolute Gasteiger partial charge is 0.465 e. The van der Waals surface area contributed by atoms with Crippen LogP contribution in [0.1, 0.15) is 16.1 Å². The highest BCUT2D eigenvalue weighted by Gasteiger charge is 2.16. The lowest BCUT2D eigenvalue weighted by molar-refractivity contribution is 0.0606. The SMILES string of the molecule is COCCCNc1nc(Cl)c(C(=O)OC)s1. The van der Waals surface area contributed by atoms with Crippen LogP contribution in [0.3, 0.4) is 0 Å². The number of hydrogen-bond acceptors (Lipinski definition) is 6. The quantitative estimate of drug-likeness (QED) is 0.629. The summed E-state index contributed by atoms with van der Waals surface area (Å²) in [5, 5.41) is 3.84. The van der Waals surface area contributed by atoms with Gasteiger partial charge in [-0.15, -0.1) is 0 Å². The van der Waals surface area contributed by atoms with Gasteiger partial charge < -0.3 is 14.8 Å². The van der Waals surface area contributed by atoms with Crippen LogP contribution in [0, 0.1) is 0 Å². The number of anilines is 1. The molecule has 0 saturated heterocycles. The molecular weight excluding hydrogens is 252 g/mol. The van der Waals surface area contributed by atoms with E-state index in [0.29, 0.717) is 16.6 Å². The van der Waals surface area contributed by atoms with E-state index in [9.17, 15) is 4.79 Å². The second-order valence-electron chi connectivity index (χ2n) is 2.90. The van der Waals surface area contributed by atoms with E-state index >= 15 is 0 Å². The predicted octanol–water partition coefficient (Wildman–Crippen LogP) is 2.03. The molecule has 0 unspecified atom stereocenters. The summed E-state index contributed by atoms with van der Waals surface area (Å²) in [5.41, 5.74) is 0. The Labute approximate surface area is 103 Å². The molecule has 0 atom stereocenters. The standard InChI is InChI=1S/C9H13ClN2O3S/c1-14-5-3-4-11-9-12-7(10)6(16-9)8(13)15-2/h3-5H2,1-2H3,(H,11,12). The molecular formula is C9H13ClN2O3S. The molecule has 16 heavy (non-hydrogen) atoms. The maximum atomic E-state index is 11.2. The lowest BCUT2D eigenvalue weighted by atomic mass is 10.4. The van der Waals surface area contributed by atoms with E-state index in [-0.39, 0.29) is 5.15 Å². The fraction of sp³-hybridized carbons (Fsp3) is 0.556. The monoisotopic (exact) mass is 264 g/mol. The molecule has 1 aromatic heterocycles. The smallest absolute Gasteiger partial charge is 0.351 e. The molecule has 5 nitrogen and oxygen atoms in total. The first-order valence-corrected chi connectivity index (χ1v) is 5.86. The van der Waals surface area contributed by atoms with Crippen LogP contribution < -0.4 is 5.32 Å². The van der Waals surface area contributed by atoms with Gasteiger partial charge in [0.1, 0.15) is 0 Å². The number of methoxy groups -OCH3 is 2. The Kier molecular flexibility index (Phi) is 5.51. The minimum Gasteiger partial charge on any atom is -0.465 e. The topological polar surface area (TPSA) is 60.5 Å². The molecule has 7 heteroatoms. The number of thiazole rings is 1. The van der Waals surface area contributed by atoms with Gasteiger partial charge in [0.25, 0.3) is 0 Å². The van der Waals surface area contributed by atoms with Crippen molar-refractivity contribution in [3.8, 4) is 0 Å². The zero-order valence-electron chi connectivity index (χ0n) is 9.08. The summed E-state index contributed by atoms with van der Waals surface area (Å²) in [5.74, 6) is -0.465. The van der Waals surface area contributed by atoms with Crippen molar-refractivity contribution in [3.63, 3.8) is 0 Å². The molecule has 0 amide bonds. The van der Waals surface area contributed by atoms with Crippen LogP contribution in [-0.4, -0.2) is 38.3 Å². The molecule has 0 bridgehead atoms. The number of aromatic nitrogens is 1. The summed E-state index contributed by atoms with van der Waals surface area (Å²) in [6.07, 6.45) is 0.862. The van der Waals surface area contributed by atoms with Gasteiger partial charge >= 0.3 is 5.97 Å². The zero-order valence-corrected chi connectivity index (χ0v) is 10.7. The number of ether oxygens (including phenoxy) is 2. The number of halogens is 1. The molecule has 0 aromatic carbocycles. The third-order valence-electron chi connectivity index (χ3n) is 1.76. The van der Waals surface area contributed by atoms with Crippen LogP contribution in [0.4, 0.5) is 5.13 Å². The molecule has 0 radical (unpaired) electrons. The Morgan fingerprint density at radius 1 is 1.56 bits per heavy atom. The van der Waals surface area contributed by atoms with Crippen LogP contribution >= 0.6 is 22.9 Å². The van der Waals surface area contributed by atoms with Crippen molar-refractivity contribution in [2.75, 3.05) is 32.7 Å². The lowest BCUT2D eigenvalue weighted by Gasteiger charge is -2.00. The van der Waals surface area contributed by atoms with E-state index in [2.05, 4.69) is 15.0 Å². The van der Waals surface area contributed by atoms with Gasteiger partial charge in [0.2, 0.25) is 0 Å². The second kappa shape index (κ2) is 6.67. The predicted molar refractivity (Wildman–Crippen MR) is 63.4 cm³/mol. The van der Waals surface area contributed by atoms with E-state index in [4.69, 9.17) is 16.3 Å². The number of esters is 1. The van der Waals surface area contributed by atoms with Gasteiger partial charge in [-0.25, -0.2) is 9.78 Å². The summed E-state index contributed by atoms with van der Waals surface area (Å²) < 4.78 is 9.48. The molecule has 0 fully saturated rings. The highest BCUT2D eigenvalue weighted by Crippen LogP contribution is 2.27. The molecule has 0 aliphatic carbocycles. The lowest BCUT2D eigenvalue weighted by Crippen LogP contribution is -2.03. The molecule has 90 valence electrons. The average Bonchev–Trinajstić information content (AvgIpc) is 2.65. The Morgan fingerprint density at radius 2 is 2.31 bits per heavy atom. The first kappa shape index (κ1) is 13.2. The maximum absolute atomic E-state index is 11.2. The number of hydrogen-bond donors (Lipinski definition) is 1. The summed E-state index contributed by atoms with van der Waals surface area (Å²) in [6.45, 7) is 1.40. The van der Waals surface area contributed by atoms with Gasteiger partial charge in [0.15, 0.2) is 15.2 Å². The molecule has 0 aliphatic rings. The third kappa shape index (κ3) is 3.62. The molecule has 1 N–H and O–H groups in total. The van der Waals surface area contributed by atoms with Crippen molar-refractivity contribution in [3.05, 3.63) is 10.0 Å². The van der Waals surface area contributed by atoms with Crippen molar-refractivity contribution < 1.29 is 14.3 Å². The molecule has 1 heterocycles. The molecule has 0 aliphatic heterocycles. The molecule has 1 aromatic rings. The molecule has 0 saturated carbocycles. The average molecular weight is 265 g/mol. The summed E-state index contributed by atoms with van der Waals surface area (Å²) in [7, 11) is 2.96. The van der Waals surface area contributed by atoms with Gasteiger partial charge in [0.05, 0.1) is 7.11 Å². The first-order chi connectivity index (χ1) is 7.69. The van der Waals surface area contributed by atoms with Gasteiger partial charge in [-0.05, 0) is 6.42 Å². The Hall–Kier alpha value is -0.850. The molecule has 0 spiro atoms. The minimum atomic E-state index is -0.465. The fourth-order valence-electron chi connectivity index (χ4n) is 1.01. The summed E-state index contributed by atoms with van der Waals surface area (Å²) >= 11 is 6.97. The van der Waals surface area contributed by atoms with Crippen molar-refractivity contribution in [1.29, 1.82) is 0 Å². The van der Waals surface area contributed by atoms with Gasteiger partial charge in [-0.3, -0.25) is 0 Å². The second-order valence-corrected chi connectivity index (χ2v) is 4.26. The van der Waals surface area contributed by atoms with Crippen molar-refractivity contribution in [1.82, 2.24) is 4.98 Å². The summed E-state index contributed by atoms with van der Waals surface area (Å²) in [6, 6.07) is 0. The van der Waals surface area contributed by atoms with Crippen LogP contribution in [0.25, 0.3) is 0 Å². The van der Waals surface area contributed by atoms with E-state index in [1.165, 1.54) is 18.4 Å². The number of carbonyl (C=O) groups is 1. The number of carbonyl (C=O) groups excluding carboxylic acids is 1. The summed E-state index contributed by atoms with van der Waals surface area (Å²) in [4.78, 5) is 15.6. The zero-order chi connectivity index (χ0) is 12.0. The first-order valence-electron chi connectivity index (χ1n) is 4.66. The highest BCUT2D eigenvalue weighted by molar-refractivity contribution is 7.18. The van der Waals surface area contributed by atoms with Crippen molar-refractivity contribution in [2.24, 2.45) is 0 Å². The third-order valence-corrected chi connectivity index (χ3v) is 3.14. The van der Waals surface area contributed by atoms with Crippen molar-refractivity contribution >= 4 is 34.0 Å². The maximum Gasteiger partial charge on any atom is 0.351 e. The number of nitrogens with zero attached hydrogens (tertiary/aromatic N) is 1. The number of rotatable bonds is 6. The highest BCUT2D eigenvalue weighted by atomic mass is 35.5. The van der Waals surface area contributed by atoms with Gasteiger partial charge in [0, 0.05) is 20.3 Å². The van der Waals surface area contributed by atoms with Gasteiger partial charge in [-0.2, -0.15) is 0 Å². The van der Waals surface area contributed by atoms with E-state index in [1.54, 1.807) is 7.11 Å². The van der Waals surface area contributed by atoms with Crippen LogP contribution in [0.5, 0.6) is 0 Å². The number of nitrogens with one attached hydrogen (secondary N) is 1. The van der Waals surface area contributed by atoms with Crippen LogP contribution in [0.15, 0.2) is 0 Å². The van der Waals surface area contributed by atoms with Gasteiger partial charge in [-0.1, -0.05) is 22.9 Å². The fourth-order valence-corrected chi connectivity index (χ4v) is 2.14.